The summed E-state index contributed by atoms with van der Waals surface area (Å²) in [6.45, 7) is 0. The third kappa shape index (κ3) is 4.41. The van der Waals surface area contributed by atoms with Gasteiger partial charge in [0.2, 0.25) is 0 Å². The average molecular weight is 375 g/mol. The standard InChI is InChI=1S/C19H13F4N3O/c20-15-6-2-4-8-17(15)25-13-9-12(10-24-11-13)18(27)26-16-7-3-1-5-14(16)19(21,22)23/h1-11,25H,(H,26,27). The van der Waals surface area contributed by atoms with Gasteiger partial charge in [-0.1, -0.05) is 24.3 Å². The highest BCUT2D eigenvalue weighted by molar-refractivity contribution is 6.05. The number of nitrogens with zero attached hydrogens (tertiary/aromatic N) is 1. The van der Waals surface area contributed by atoms with Gasteiger partial charge in [0.25, 0.3) is 5.91 Å². The molecule has 27 heavy (non-hydrogen) atoms. The molecular weight excluding hydrogens is 362 g/mol. The summed E-state index contributed by atoms with van der Waals surface area (Å²) in [5, 5.41) is 5.00. The fourth-order valence-electron chi connectivity index (χ4n) is 2.38. The van der Waals surface area contributed by atoms with E-state index in [1.165, 1.54) is 48.8 Å². The Kier molecular flexibility index (Phi) is 5.07. The molecule has 0 radical (unpaired) electrons. The summed E-state index contributed by atoms with van der Waals surface area (Å²) >= 11 is 0. The first-order valence-corrected chi connectivity index (χ1v) is 7.79. The number of pyridine rings is 1. The number of hydrogen-bond donors (Lipinski definition) is 2. The van der Waals surface area contributed by atoms with E-state index in [2.05, 4.69) is 15.6 Å². The Bertz CT molecular complexity index is 973. The van der Waals surface area contributed by atoms with Crippen molar-refractivity contribution in [2.45, 2.75) is 6.18 Å². The molecule has 138 valence electrons. The average Bonchev–Trinajstić information content (AvgIpc) is 2.63. The van der Waals surface area contributed by atoms with E-state index in [4.69, 9.17) is 0 Å². The lowest BCUT2D eigenvalue weighted by atomic mass is 10.1. The van der Waals surface area contributed by atoms with Crippen LogP contribution in [0.3, 0.4) is 0 Å². The third-order valence-corrected chi connectivity index (χ3v) is 3.63. The molecule has 0 aliphatic heterocycles. The molecule has 3 rings (SSSR count). The molecular formula is C19H13F4N3O. The molecule has 2 N–H and O–H groups in total. The van der Waals surface area contributed by atoms with Gasteiger partial charge in [-0.15, -0.1) is 0 Å². The molecule has 4 nitrogen and oxygen atoms in total. The number of carbonyl (C=O) groups is 1. The highest BCUT2D eigenvalue weighted by Crippen LogP contribution is 2.34. The van der Waals surface area contributed by atoms with Crippen LogP contribution in [0, 0.1) is 5.82 Å². The Morgan fingerprint density at radius 1 is 0.926 bits per heavy atom. The van der Waals surface area contributed by atoms with Crippen LogP contribution in [0.25, 0.3) is 0 Å². The number of halogens is 4. The van der Waals surface area contributed by atoms with Gasteiger partial charge >= 0.3 is 6.18 Å². The van der Waals surface area contributed by atoms with Gasteiger partial charge in [-0.05, 0) is 30.3 Å². The first-order chi connectivity index (χ1) is 12.8. The molecule has 0 aliphatic rings. The molecule has 0 spiro atoms. The van der Waals surface area contributed by atoms with E-state index in [0.717, 1.165) is 12.1 Å². The normalized spacial score (nSPS) is 11.1. The third-order valence-electron chi connectivity index (χ3n) is 3.63. The zero-order valence-electron chi connectivity index (χ0n) is 13.7. The zero-order chi connectivity index (χ0) is 19.4. The Morgan fingerprint density at radius 3 is 2.30 bits per heavy atom. The summed E-state index contributed by atoms with van der Waals surface area (Å²) in [7, 11) is 0. The molecule has 0 fully saturated rings. The summed E-state index contributed by atoms with van der Waals surface area (Å²) in [5.74, 6) is -1.26. The second kappa shape index (κ2) is 7.45. The van der Waals surface area contributed by atoms with Crippen molar-refractivity contribution in [2.75, 3.05) is 10.6 Å². The van der Waals surface area contributed by atoms with Crippen molar-refractivity contribution in [1.29, 1.82) is 0 Å². The zero-order valence-corrected chi connectivity index (χ0v) is 13.7. The van der Waals surface area contributed by atoms with E-state index < -0.39 is 23.5 Å². The van der Waals surface area contributed by atoms with Crippen LogP contribution in [0.2, 0.25) is 0 Å². The second-order valence-corrected chi connectivity index (χ2v) is 5.56. The van der Waals surface area contributed by atoms with Gasteiger partial charge in [-0.25, -0.2) is 4.39 Å². The number of para-hydroxylation sites is 2. The lowest BCUT2D eigenvalue weighted by molar-refractivity contribution is -0.136. The van der Waals surface area contributed by atoms with Crippen LogP contribution in [0.5, 0.6) is 0 Å². The Morgan fingerprint density at radius 2 is 1.59 bits per heavy atom. The molecule has 8 heteroatoms. The monoisotopic (exact) mass is 375 g/mol. The number of anilines is 3. The SMILES string of the molecule is O=C(Nc1ccccc1C(F)(F)F)c1cncc(Nc2ccccc2F)c1. The molecule has 0 saturated carbocycles. The minimum Gasteiger partial charge on any atom is -0.352 e. The molecule has 3 aromatic rings. The number of nitrogens with one attached hydrogen (secondary N) is 2. The topological polar surface area (TPSA) is 54.0 Å². The molecule has 0 atom stereocenters. The predicted octanol–water partition coefficient (Wildman–Crippen LogP) is 5.24. The van der Waals surface area contributed by atoms with Crippen LogP contribution < -0.4 is 10.6 Å². The maximum atomic E-state index is 13.7. The van der Waals surface area contributed by atoms with Crippen molar-refractivity contribution in [3.63, 3.8) is 0 Å². The van der Waals surface area contributed by atoms with Crippen LogP contribution in [0.15, 0.2) is 67.0 Å². The van der Waals surface area contributed by atoms with Gasteiger partial charge in [-0.3, -0.25) is 9.78 Å². The molecule has 0 unspecified atom stereocenters. The smallest absolute Gasteiger partial charge is 0.352 e. The van der Waals surface area contributed by atoms with E-state index in [-0.39, 0.29) is 16.9 Å². The van der Waals surface area contributed by atoms with Crippen LogP contribution in [-0.4, -0.2) is 10.9 Å². The number of benzene rings is 2. The summed E-state index contributed by atoms with van der Waals surface area (Å²) in [6, 6.07) is 12.0. The molecule has 0 saturated heterocycles. The van der Waals surface area contributed by atoms with E-state index >= 15 is 0 Å². The van der Waals surface area contributed by atoms with Gasteiger partial charge < -0.3 is 10.6 Å². The van der Waals surface area contributed by atoms with E-state index in [9.17, 15) is 22.4 Å². The Labute approximate surface area is 151 Å². The molecule has 0 aliphatic carbocycles. The maximum Gasteiger partial charge on any atom is 0.418 e. The number of rotatable bonds is 4. The van der Waals surface area contributed by atoms with Crippen LogP contribution in [0.1, 0.15) is 15.9 Å². The molecule has 0 bridgehead atoms. The van der Waals surface area contributed by atoms with Gasteiger partial charge in [0, 0.05) is 6.20 Å². The summed E-state index contributed by atoms with van der Waals surface area (Å²) < 4.78 is 52.8. The highest BCUT2D eigenvalue weighted by atomic mass is 19.4. The van der Waals surface area contributed by atoms with E-state index in [1.54, 1.807) is 6.07 Å². The minimum absolute atomic E-state index is 0.0216. The van der Waals surface area contributed by atoms with Crippen LogP contribution in [-0.2, 0) is 6.18 Å². The minimum atomic E-state index is -4.60. The van der Waals surface area contributed by atoms with Crippen LogP contribution in [0.4, 0.5) is 34.6 Å². The summed E-state index contributed by atoms with van der Waals surface area (Å²) in [6.07, 6.45) is -2.03. The number of aromatic nitrogens is 1. The fraction of sp³-hybridized carbons (Fsp3) is 0.0526. The quantitative estimate of drug-likeness (QED) is 0.614. The van der Waals surface area contributed by atoms with Crippen molar-refractivity contribution in [3.05, 3.63) is 83.9 Å². The molecule has 1 heterocycles. The fourth-order valence-corrected chi connectivity index (χ4v) is 2.38. The summed E-state index contributed by atoms with van der Waals surface area (Å²) in [5.41, 5.74) is -0.793. The van der Waals surface area contributed by atoms with Crippen molar-refractivity contribution in [1.82, 2.24) is 4.98 Å². The number of carbonyl (C=O) groups excluding carboxylic acids is 1. The van der Waals surface area contributed by atoms with Crippen LogP contribution >= 0.6 is 0 Å². The van der Waals surface area contributed by atoms with Gasteiger partial charge in [-0.2, -0.15) is 13.2 Å². The van der Waals surface area contributed by atoms with Gasteiger partial charge in [0.1, 0.15) is 5.82 Å². The van der Waals surface area contributed by atoms with Gasteiger partial charge in [0.15, 0.2) is 0 Å². The Hall–Kier alpha value is -3.42. The molecule has 2 aromatic carbocycles. The first-order valence-electron chi connectivity index (χ1n) is 7.79. The van der Waals surface area contributed by atoms with E-state index in [1.807, 2.05) is 0 Å². The predicted molar refractivity (Wildman–Crippen MR) is 93.3 cm³/mol. The summed E-state index contributed by atoms with van der Waals surface area (Å²) in [4.78, 5) is 16.2. The van der Waals surface area contributed by atoms with E-state index in [0.29, 0.717) is 5.69 Å². The number of alkyl halides is 3. The van der Waals surface area contributed by atoms with Crippen molar-refractivity contribution >= 4 is 23.0 Å². The van der Waals surface area contributed by atoms with Crippen molar-refractivity contribution in [3.8, 4) is 0 Å². The second-order valence-electron chi connectivity index (χ2n) is 5.56. The number of hydrogen-bond acceptors (Lipinski definition) is 3. The van der Waals surface area contributed by atoms with Crippen molar-refractivity contribution in [2.24, 2.45) is 0 Å². The Balaban J connectivity index is 1.82. The lowest BCUT2D eigenvalue weighted by Gasteiger charge is -2.14. The number of amides is 1. The van der Waals surface area contributed by atoms with Gasteiger partial charge in [0.05, 0.1) is 34.4 Å². The highest BCUT2D eigenvalue weighted by Gasteiger charge is 2.33. The lowest BCUT2D eigenvalue weighted by Crippen LogP contribution is -2.17. The first kappa shape index (κ1) is 18.4. The maximum absolute atomic E-state index is 13.7. The largest absolute Gasteiger partial charge is 0.418 e. The molecule has 1 amide bonds. The molecule has 1 aromatic heterocycles. The van der Waals surface area contributed by atoms with Crippen molar-refractivity contribution < 1.29 is 22.4 Å².